The summed E-state index contributed by atoms with van der Waals surface area (Å²) >= 11 is 0. The fraction of sp³-hybridized carbons (Fsp3) is 0.500. The lowest BCUT2D eigenvalue weighted by Crippen LogP contribution is -2.45. The summed E-state index contributed by atoms with van der Waals surface area (Å²) in [5.41, 5.74) is 0.454. The highest BCUT2D eigenvalue weighted by Gasteiger charge is 2.32. The quantitative estimate of drug-likeness (QED) is 0.704. The van der Waals surface area contributed by atoms with Crippen LogP contribution in [-0.4, -0.2) is 42.5 Å². The lowest BCUT2D eigenvalue weighted by atomic mass is 9.98. The van der Waals surface area contributed by atoms with Crippen molar-refractivity contribution in [3.8, 4) is 11.5 Å². The number of halogens is 5. The monoisotopic (exact) mass is 402 g/mol. The van der Waals surface area contributed by atoms with E-state index >= 15 is 0 Å². The van der Waals surface area contributed by atoms with Crippen LogP contribution in [0.1, 0.15) is 24.4 Å². The van der Waals surface area contributed by atoms with Crippen LogP contribution in [0.2, 0.25) is 0 Å². The second-order valence-corrected chi connectivity index (χ2v) is 5.44. The molecule has 0 radical (unpaired) electrons. The summed E-state index contributed by atoms with van der Waals surface area (Å²) in [7, 11) is 0. The average Bonchev–Trinajstić information content (AvgIpc) is 2.50. The molecule has 0 unspecified atom stereocenters. The highest BCUT2D eigenvalue weighted by Crippen LogP contribution is 2.36. The van der Waals surface area contributed by atoms with Crippen molar-refractivity contribution in [3.63, 3.8) is 0 Å². The van der Waals surface area contributed by atoms with Crippen molar-refractivity contribution >= 4 is 24.8 Å². The highest BCUT2D eigenvalue weighted by molar-refractivity contribution is 5.85. The van der Waals surface area contributed by atoms with Crippen molar-refractivity contribution in [2.45, 2.75) is 25.2 Å². The third-order valence-electron chi connectivity index (χ3n) is 3.83. The van der Waals surface area contributed by atoms with Crippen LogP contribution in [-0.2, 0) is 0 Å². The van der Waals surface area contributed by atoms with E-state index in [1.807, 2.05) is 0 Å². The van der Waals surface area contributed by atoms with Gasteiger partial charge >= 0.3 is 6.36 Å². The molecule has 0 aromatic heterocycles. The van der Waals surface area contributed by atoms with Gasteiger partial charge in [-0.05, 0) is 31.0 Å². The van der Waals surface area contributed by atoms with E-state index in [-0.39, 0.29) is 42.4 Å². The zero-order valence-electron chi connectivity index (χ0n) is 13.6. The Morgan fingerprint density at radius 1 is 1.28 bits per heavy atom. The first-order chi connectivity index (χ1) is 10.9. The Balaban J connectivity index is 0.00000288. The number of hydrogen-bond donors (Lipinski definition) is 2. The SMILES string of the molecule is C=CCC[C@@H](c1cc(OC(F)(F)F)ccc1O)N1CCNCC1.Cl.Cl. The number of hydrogen-bond acceptors (Lipinski definition) is 4. The summed E-state index contributed by atoms with van der Waals surface area (Å²) in [5.74, 6) is -0.337. The number of nitrogens with one attached hydrogen (secondary N) is 1. The van der Waals surface area contributed by atoms with E-state index in [0.717, 1.165) is 32.2 Å². The summed E-state index contributed by atoms with van der Waals surface area (Å²) in [5, 5.41) is 13.4. The molecule has 25 heavy (non-hydrogen) atoms. The summed E-state index contributed by atoms with van der Waals surface area (Å²) in [4.78, 5) is 2.16. The van der Waals surface area contributed by atoms with Gasteiger partial charge in [-0.1, -0.05) is 6.08 Å². The lowest BCUT2D eigenvalue weighted by molar-refractivity contribution is -0.274. The van der Waals surface area contributed by atoms with Gasteiger partial charge < -0.3 is 15.2 Å². The average molecular weight is 403 g/mol. The molecule has 1 atom stereocenters. The molecule has 9 heteroatoms. The fourth-order valence-electron chi connectivity index (χ4n) is 2.80. The van der Waals surface area contributed by atoms with Gasteiger partial charge in [0, 0.05) is 37.8 Å². The van der Waals surface area contributed by atoms with Crippen molar-refractivity contribution in [1.82, 2.24) is 10.2 Å². The van der Waals surface area contributed by atoms with Crippen LogP contribution in [0.4, 0.5) is 13.2 Å². The predicted molar refractivity (Wildman–Crippen MR) is 95.9 cm³/mol. The Kier molecular flexibility index (Phi) is 10.3. The first-order valence-electron chi connectivity index (χ1n) is 7.55. The summed E-state index contributed by atoms with van der Waals surface area (Å²) in [6, 6.07) is 3.47. The van der Waals surface area contributed by atoms with Crippen LogP contribution in [0.3, 0.4) is 0 Å². The number of ether oxygens (including phenoxy) is 1. The Labute approximate surface area is 157 Å². The maximum atomic E-state index is 12.4. The number of phenols is 1. The minimum Gasteiger partial charge on any atom is -0.508 e. The first-order valence-corrected chi connectivity index (χ1v) is 7.55. The number of piperazine rings is 1. The van der Waals surface area contributed by atoms with Gasteiger partial charge in [-0.3, -0.25) is 4.90 Å². The van der Waals surface area contributed by atoms with Gasteiger partial charge in [0.15, 0.2) is 0 Å². The van der Waals surface area contributed by atoms with Gasteiger partial charge in [-0.15, -0.1) is 44.6 Å². The van der Waals surface area contributed by atoms with Crippen LogP contribution >= 0.6 is 24.8 Å². The molecule has 144 valence electrons. The molecular weight excluding hydrogens is 380 g/mol. The molecule has 2 rings (SSSR count). The molecule has 0 bridgehead atoms. The summed E-state index contributed by atoms with van der Waals surface area (Å²) in [6.45, 7) is 6.85. The van der Waals surface area contributed by atoms with E-state index in [1.165, 1.54) is 12.1 Å². The third kappa shape index (κ3) is 7.32. The molecule has 1 heterocycles. The van der Waals surface area contributed by atoms with Crippen molar-refractivity contribution in [2.75, 3.05) is 26.2 Å². The zero-order chi connectivity index (χ0) is 16.9. The van der Waals surface area contributed by atoms with E-state index in [9.17, 15) is 18.3 Å². The number of alkyl halides is 3. The van der Waals surface area contributed by atoms with Crippen LogP contribution in [0.15, 0.2) is 30.9 Å². The Morgan fingerprint density at radius 2 is 1.92 bits per heavy atom. The normalized spacial score (nSPS) is 16.3. The predicted octanol–water partition coefficient (Wildman–Crippen LogP) is 4.05. The number of phenolic OH excluding ortho intramolecular Hbond substituents is 1. The fourth-order valence-corrected chi connectivity index (χ4v) is 2.80. The minimum absolute atomic E-state index is 0. The number of nitrogens with zero attached hydrogens (tertiary/aromatic N) is 1. The van der Waals surface area contributed by atoms with E-state index < -0.39 is 6.36 Å². The third-order valence-corrected chi connectivity index (χ3v) is 3.83. The van der Waals surface area contributed by atoms with Gasteiger partial charge in [0.1, 0.15) is 11.5 Å². The molecule has 1 aromatic carbocycles. The number of allylic oxidation sites excluding steroid dienone is 1. The topological polar surface area (TPSA) is 44.7 Å². The molecule has 1 fully saturated rings. The van der Waals surface area contributed by atoms with Crippen LogP contribution < -0.4 is 10.1 Å². The Bertz CT molecular complexity index is 539. The molecule has 1 aromatic rings. The second-order valence-electron chi connectivity index (χ2n) is 5.44. The minimum atomic E-state index is -4.75. The van der Waals surface area contributed by atoms with E-state index in [1.54, 1.807) is 6.08 Å². The standard InChI is InChI=1S/C16H21F3N2O2.2ClH/c1-2-3-4-14(21-9-7-20-8-10-21)13-11-12(5-6-15(13)22)23-16(17,18)19;;/h2,5-6,11,14,20,22H,1,3-4,7-10H2;2*1H/t14-;;/m0../s1. The lowest BCUT2D eigenvalue weighted by Gasteiger charge is -2.35. The van der Waals surface area contributed by atoms with Gasteiger partial charge in [0.2, 0.25) is 0 Å². The van der Waals surface area contributed by atoms with Gasteiger partial charge in [-0.25, -0.2) is 0 Å². The van der Waals surface area contributed by atoms with Crippen molar-refractivity contribution < 1.29 is 23.0 Å². The molecule has 0 amide bonds. The smallest absolute Gasteiger partial charge is 0.508 e. The summed E-state index contributed by atoms with van der Waals surface area (Å²) < 4.78 is 41.2. The largest absolute Gasteiger partial charge is 0.573 e. The molecule has 0 spiro atoms. The Hall–Kier alpha value is -1.15. The maximum absolute atomic E-state index is 12.4. The van der Waals surface area contributed by atoms with Crippen molar-refractivity contribution in [3.05, 3.63) is 36.4 Å². The second kappa shape index (κ2) is 10.8. The van der Waals surface area contributed by atoms with Crippen LogP contribution in [0.5, 0.6) is 11.5 Å². The molecule has 2 N–H and O–H groups in total. The van der Waals surface area contributed by atoms with Gasteiger partial charge in [0.05, 0.1) is 0 Å². The van der Waals surface area contributed by atoms with E-state index in [2.05, 4.69) is 21.5 Å². The number of benzene rings is 1. The van der Waals surface area contributed by atoms with Crippen molar-refractivity contribution in [2.24, 2.45) is 0 Å². The van der Waals surface area contributed by atoms with Gasteiger partial charge in [-0.2, -0.15) is 0 Å². The van der Waals surface area contributed by atoms with Crippen LogP contribution in [0.25, 0.3) is 0 Å². The van der Waals surface area contributed by atoms with E-state index in [0.29, 0.717) is 18.4 Å². The first kappa shape index (κ1) is 23.9. The van der Waals surface area contributed by atoms with Gasteiger partial charge in [0.25, 0.3) is 0 Å². The molecular formula is C16H23Cl2F3N2O2. The number of aromatic hydroxyl groups is 1. The molecule has 4 nitrogen and oxygen atoms in total. The molecule has 0 saturated carbocycles. The molecule has 1 aliphatic rings. The van der Waals surface area contributed by atoms with E-state index in [4.69, 9.17) is 0 Å². The number of rotatable bonds is 6. The van der Waals surface area contributed by atoms with Crippen LogP contribution in [0, 0.1) is 0 Å². The highest BCUT2D eigenvalue weighted by atomic mass is 35.5. The molecule has 0 aliphatic carbocycles. The molecule has 1 saturated heterocycles. The zero-order valence-corrected chi connectivity index (χ0v) is 15.2. The summed E-state index contributed by atoms with van der Waals surface area (Å²) in [6.07, 6.45) is -1.60. The maximum Gasteiger partial charge on any atom is 0.573 e. The Morgan fingerprint density at radius 3 is 2.48 bits per heavy atom. The molecule has 1 aliphatic heterocycles. The van der Waals surface area contributed by atoms with Crippen molar-refractivity contribution in [1.29, 1.82) is 0 Å².